The highest BCUT2D eigenvalue weighted by Gasteiger charge is 2.14. The standard InChI is InChI=1S/C21H28N2O4/c1-4-5-6-7-8-13-26-19-14-22-20(23-15-19)17-9-11-18(12-10-17)27-21(24)16(2)25-3/h9-12,14-16H,4-8,13H2,1-3H3. The average Bonchev–Trinajstić information content (AvgIpc) is 2.71. The smallest absolute Gasteiger partial charge is 0.340 e. The molecule has 2 rings (SSSR count). The molecule has 1 heterocycles. The van der Waals surface area contributed by atoms with Crippen molar-refractivity contribution in [2.45, 2.75) is 52.1 Å². The molecular formula is C21H28N2O4. The lowest BCUT2D eigenvalue weighted by molar-refractivity contribution is -0.144. The molecule has 0 N–H and O–H groups in total. The molecule has 0 spiro atoms. The van der Waals surface area contributed by atoms with Crippen LogP contribution in [-0.4, -0.2) is 35.8 Å². The van der Waals surface area contributed by atoms with Gasteiger partial charge in [0.05, 0.1) is 19.0 Å². The minimum absolute atomic E-state index is 0.433. The van der Waals surface area contributed by atoms with Crippen molar-refractivity contribution < 1.29 is 19.0 Å². The number of hydrogen-bond acceptors (Lipinski definition) is 6. The van der Waals surface area contributed by atoms with E-state index in [2.05, 4.69) is 16.9 Å². The quantitative estimate of drug-likeness (QED) is 0.330. The minimum atomic E-state index is -0.604. The van der Waals surface area contributed by atoms with Crippen LogP contribution in [0.15, 0.2) is 36.7 Å². The largest absolute Gasteiger partial charge is 0.490 e. The van der Waals surface area contributed by atoms with Gasteiger partial charge in [-0.15, -0.1) is 0 Å². The van der Waals surface area contributed by atoms with Crippen molar-refractivity contribution in [1.82, 2.24) is 9.97 Å². The lowest BCUT2D eigenvalue weighted by Gasteiger charge is -2.09. The second-order valence-corrected chi connectivity index (χ2v) is 6.33. The van der Waals surface area contributed by atoms with Gasteiger partial charge >= 0.3 is 5.97 Å². The van der Waals surface area contributed by atoms with Crippen LogP contribution in [0.3, 0.4) is 0 Å². The molecule has 146 valence electrons. The zero-order chi connectivity index (χ0) is 19.5. The Bertz CT molecular complexity index is 686. The first-order valence-corrected chi connectivity index (χ1v) is 9.43. The van der Waals surface area contributed by atoms with E-state index >= 15 is 0 Å². The van der Waals surface area contributed by atoms with E-state index in [9.17, 15) is 4.79 Å². The molecule has 0 amide bonds. The molecule has 0 bridgehead atoms. The maximum atomic E-state index is 11.7. The number of carbonyl (C=O) groups is 1. The predicted octanol–water partition coefficient (Wildman–Crippen LogP) is 4.43. The molecule has 1 aromatic heterocycles. The average molecular weight is 372 g/mol. The van der Waals surface area contributed by atoms with E-state index < -0.39 is 12.1 Å². The Morgan fingerprint density at radius 1 is 1.00 bits per heavy atom. The molecule has 27 heavy (non-hydrogen) atoms. The summed E-state index contributed by atoms with van der Waals surface area (Å²) in [5.74, 6) is 1.29. The first-order valence-electron chi connectivity index (χ1n) is 9.43. The molecule has 0 aliphatic heterocycles. The predicted molar refractivity (Wildman–Crippen MR) is 104 cm³/mol. The fourth-order valence-electron chi connectivity index (χ4n) is 2.40. The summed E-state index contributed by atoms with van der Waals surface area (Å²) in [6.07, 6.45) is 8.77. The summed E-state index contributed by atoms with van der Waals surface area (Å²) in [5.41, 5.74) is 0.834. The van der Waals surface area contributed by atoms with E-state index in [0.717, 1.165) is 12.0 Å². The highest BCUT2D eigenvalue weighted by molar-refractivity contribution is 5.77. The molecule has 0 saturated carbocycles. The van der Waals surface area contributed by atoms with Crippen LogP contribution in [0.2, 0.25) is 0 Å². The molecule has 6 heteroatoms. The molecule has 0 fully saturated rings. The maximum Gasteiger partial charge on any atom is 0.340 e. The second kappa shape index (κ2) is 11.3. The summed E-state index contributed by atoms with van der Waals surface area (Å²) in [6, 6.07) is 7.03. The molecule has 0 aliphatic rings. The van der Waals surface area contributed by atoms with Gasteiger partial charge in [-0.25, -0.2) is 14.8 Å². The molecule has 0 aliphatic carbocycles. The Morgan fingerprint density at radius 2 is 1.67 bits per heavy atom. The number of unbranched alkanes of at least 4 members (excludes halogenated alkanes) is 4. The first kappa shape index (κ1) is 20.8. The van der Waals surface area contributed by atoms with E-state index in [0.29, 0.717) is 23.9 Å². The van der Waals surface area contributed by atoms with Crippen LogP contribution in [0.1, 0.15) is 46.0 Å². The number of aromatic nitrogens is 2. The summed E-state index contributed by atoms with van der Waals surface area (Å²) in [6.45, 7) is 4.53. The van der Waals surface area contributed by atoms with E-state index in [-0.39, 0.29) is 0 Å². The topological polar surface area (TPSA) is 70.5 Å². The summed E-state index contributed by atoms with van der Waals surface area (Å²) in [5, 5.41) is 0. The number of benzene rings is 1. The van der Waals surface area contributed by atoms with Crippen LogP contribution in [-0.2, 0) is 9.53 Å². The first-order chi connectivity index (χ1) is 13.1. The van der Waals surface area contributed by atoms with Gasteiger partial charge in [-0.3, -0.25) is 0 Å². The summed E-state index contributed by atoms with van der Waals surface area (Å²) in [7, 11) is 1.46. The SMILES string of the molecule is CCCCCCCOc1cnc(-c2ccc(OC(=O)C(C)OC)cc2)nc1. The molecule has 1 aromatic carbocycles. The third kappa shape index (κ3) is 6.98. The molecule has 2 aromatic rings. The lowest BCUT2D eigenvalue weighted by atomic mass is 10.2. The van der Waals surface area contributed by atoms with Crippen LogP contribution in [0.5, 0.6) is 11.5 Å². The zero-order valence-electron chi connectivity index (χ0n) is 16.3. The van der Waals surface area contributed by atoms with Gasteiger partial charge in [0.1, 0.15) is 5.75 Å². The number of nitrogens with zero attached hydrogens (tertiary/aromatic N) is 2. The van der Waals surface area contributed by atoms with Crippen molar-refractivity contribution in [2.75, 3.05) is 13.7 Å². The van der Waals surface area contributed by atoms with Crippen LogP contribution in [0.25, 0.3) is 11.4 Å². The van der Waals surface area contributed by atoms with Crippen LogP contribution < -0.4 is 9.47 Å². The van der Waals surface area contributed by atoms with E-state index in [1.165, 1.54) is 32.8 Å². The van der Waals surface area contributed by atoms with E-state index in [4.69, 9.17) is 14.2 Å². The van der Waals surface area contributed by atoms with Crippen molar-refractivity contribution in [3.05, 3.63) is 36.7 Å². The van der Waals surface area contributed by atoms with Gasteiger partial charge in [0.2, 0.25) is 0 Å². The number of hydrogen-bond donors (Lipinski definition) is 0. The van der Waals surface area contributed by atoms with Gasteiger partial charge in [-0.2, -0.15) is 0 Å². The zero-order valence-corrected chi connectivity index (χ0v) is 16.3. The van der Waals surface area contributed by atoms with E-state index in [1.54, 1.807) is 31.5 Å². The Hall–Kier alpha value is -2.47. The third-order valence-electron chi connectivity index (χ3n) is 4.16. The van der Waals surface area contributed by atoms with E-state index in [1.807, 2.05) is 12.1 Å². The Morgan fingerprint density at radius 3 is 2.30 bits per heavy atom. The molecule has 1 atom stereocenters. The molecule has 0 radical (unpaired) electrons. The van der Waals surface area contributed by atoms with Gasteiger partial charge in [-0.05, 0) is 37.6 Å². The molecule has 0 saturated heterocycles. The van der Waals surface area contributed by atoms with Crippen molar-refractivity contribution in [2.24, 2.45) is 0 Å². The number of carbonyl (C=O) groups excluding carboxylic acids is 1. The Kier molecular flexibility index (Phi) is 8.71. The van der Waals surface area contributed by atoms with Crippen LogP contribution in [0.4, 0.5) is 0 Å². The molecular weight excluding hydrogens is 344 g/mol. The fraction of sp³-hybridized carbons (Fsp3) is 0.476. The maximum absolute atomic E-state index is 11.7. The van der Waals surface area contributed by atoms with Gasteiger partial charge in [0.25, 0.3) is 0 Å². The van der Waals surface area contributed by atoms with Crippen LogP contribution in [0, 0.1) is 0 Å². The summed E-state index contributed by atoms with van der Waals surface area (Å²) in [4.78, 5) is 20.4. The van der Waals surface area contributed by atoms with Gasteiger partial charge in [-0.1, -0.05) is 32.6 Å². The Balaban J connectivity index is 1.84. The third-order valence-corrected chi connectivity index (χ3v) is 4.16. The number of methoxy groups -OCH3 is 1. The Labute approximate surface area is 160 Å². The van der Waals surface area contributed by atoms with Crippen molar-refractivity contribution in [1.29, 1.82) is 0 Å². The lowest BCUT2D eigenvalue weighted by Crippen LogP contribution is -2.24. The monoisotopic (exact) mass is 372 g/mol. The van der Waals surface area contributed by atoms with Crippen molar-refractivity contribution in [3.63, 3.8) is 0 Å². The van der Waals surface area contributed by atoms with Crippen molar-refractivity contribution in [3.8, 4) is 22.9 Å². The summed E-state index contributed by atoms with van der Waals surface area (Å²) < 4.78 is 15.8. The summed E-state index contributed by atoms with van der Waals surface area (Å²) >= 11 is 0. The molecule has 6 nitrogen and oxygen atoms in total. The van der Waals surface area contributed by atoms with Crippen LogP contribution >= 0.6 is 0 Å². The molecule has 1 unspecified atom stereocenters. The minimum Gasteiger partial charge on any atom is -0.490 e. The number of ether oxygens (including phenoxy) is 3. The van der Waals surface area contributed by atoms with Gasteiger partial charge in [0, 0.05) is 12.7 Å². The number of esters is 1. The van der Waals surface area contributed by atoms with Gasteiger partial charge in [0.15, 0.2) is 17.7 Å². The normalized spacial score (nSPS) is 11.8. The van der Waals surface area contributed by atoms with Crippen molar-refractivity contribution >= 4 is 5.97 Å². The van der Waals surface area contributed by atoms with Gasteiger partial charge < -0.3 is 14.2 Å². The highest BCUT2D eigenvalue weighted by atomic mass is 16.6. The number of rotatable bonds is 11. The second-order valence-electron chi connectivity index (χ2n) is 6.33. The fourth-order valence-corrected chi connectivity index (χ4v) is 2.40. The highest BCUT2D eigenvalue weighted by Crippen LogP contribution is 2.21.